The molecule has 0 radical (unpaired) electrons. The molecule has 2 heterocycles. The highest BCUT2D eigenvalue weighted by Gasteiger charge is 2.31. The zero-order chi connectivity index (χ0) is 17.7. The number of ether oxygens (including phenoxy) is 1. The van der Waals surface area contributed by atoms with Gasteiger partial charge in [-0.1, -0.05) is 0 Å². The van der Waals surface area contributed by atoms with Gasteiger partial charge in [0.1, 0.15) is 11.4 Å². The predicted octanol–water partition coefficient (Wildman–Crippen LogP) is 3.18. The fourth-order valence-corrected chi connectivity index (χ4v) is 2.86. The van der Waals surface area contributed by atoms with E-state index in [1.807, 2.05) is 37.6 Å². The first-order valence-electron chi connectivity index (χ1n) is 8.37. The van der Waals surface area contributed by atoms with Crippen molar-refractivity contribution in [1.82, 2.24) is 9.88 Å². The van der Waals surface area contributed by atoms with Crippen LogP contribution in [0, 0.1) is 11.3 Å². The molecule has 1 aliphatic heterocycles. The summed E-state index contributed by atoms with van der Waals surface area (Å²) in [5.41, 5.74) is 0.0905. The van der Waals surface area contributed by atoms with Crippen LogP contribution in [-0.4, -0.2) is 47.8 Å². The largest absolute Gasteiger partial charge is 0.444 e. The summed E-state index contributed by atoms with van der Waals surface area (Å²) in [7, 11) is 1.94. The molecule has 1 amide bonds. The minimum Gasteiger partial charge on any atom is -0.444 e. The fraction of sp³-hybridized carbons (Fsp3) is 0.611. The minimum absolute atomic E-state index is 0.0890. The normalized spacial score (nSPS) is 18.0. The van der Waals surface area contributed by atoms with Crippen LogP contribution in [0.4, 0.5) is 10.6 Å². The zero-order valence-corrected chi connectivity index (χ0v) is 15.0. The molecule has 1 aromatic heterocycles. The molecule has 24 heavy (non-hydrogen) atoms. The SMILES string of the molecule is CN(C[C@H]1CCCCN1C(=O)OC(C)(C)C)c1cc(C#N)ccn1. The van der Waals surface area contributed by atoms with E-state index in [1.54, 1.807) is 18.3 Å². The minimum atomic E-state index is -0.492. The third kappa shape index (κ3) is 4.85. The van der Waals surface area contributed by atoms with Gasteiger partial charge >= 0.3 is 6.09 Å². The first-order valence-corrected chi connectivity index (χ1v) is 8.37. The number of hydrogen-bond acceptors (Lipinski definition) is 5. The maximum atomic E-state index is 12.5. The number of likely N-dealkylation sites (N-methyl/N-ethyl adjacent to an activating group) is 1. The molecular formula is C18H26N4O2. The Kier molecular flexibility index (Phi) is 5.66. The van der Waals surface area contributed by atoms with Crippen molar-refractivity contribution < 1.29 is 9.53 Å². The van der Waals surface area contributed by atoms with Crippen molar-refractivity contribution in [3.05, 3.63) is 23.9 Å². The maximum absolute atomic E-state index is 12.5. The predicted molar refractivity (Wildman–Crippen MR) is 92.8 cm³/mol. The number of amides is 1. The second-order valence-corrected chi connectivity index (χ2v) is 7.22. The number of piperidine rings is 1. The van der Waals surface area contributed by atoms with Crippen molar-refractivity contribution in [2.75, 3.05) is 25.0 Å². The molecule has 0 bridgehead atoms. The smallest absolute Gasteiger partial charge is 0.410 e. The molecule has 1 fully saturated rings. The molecule has 130 valence electrons. The molecule has 2 rings (SSSR count). The number of rotatable bonds is 3. The summed E-state index contributed by atoms with van der Waals surface area (Å²) in [6.45, 7) is 7.04. The first kappa shape index (κ1) is 18.1. The molecule has 0 aromatic carbocycles. The Balaban J connectivity index is 2.07. The lowest BCUT2D eigenvalue weighted by molar-refractivity contribution is 0.0108. The first-order chi connectivity index (χ1) is 11.3. The van der Waals surface area contributed by atoms with E-state index < -0.39 is 5.60 Å². The van der Waals surface area contributed by atoms with E-state index >= 15 is 0 Å². The number of pyridine rings is 1. The van der Waals surface area contributed by atoms with Crippen molar-refractivity contribution in [3.8, 4) is 6.07 Å². The van der Waals surface area contributed by atoms with Crippen LogP contribution in [0.1, 0.15) is 45.6 Å². The topological polar surface area (TPSA) is 69.5 Å². The van der Waals surface area contributed by atoms with Crippen LogP contribution in [0.3, 0.4) is 0 Å². The molecule has 0 spiro atoms. The number of anilines is 1. The standard InChI is InChI=1S/C18H26N4O2/c1-18(2,3)24-17(23)22-10-6-5-7-15(22)13-21(4)16-11-14(12-19)8-9-20-16/h8-9,11,15H,5-7,10,13H2,1-4H3/t15-/m1/s1. The third-order valence-corrected chi connectivity index (χ3v) is 4.01. The molecule has 0 saturated carbocycles. The molecule has 1 atom stereocenters. The van der Waals surface area contributed by atoms with Gasteiger partial charge in [-0.05, 0) is 52.2 Å². The lowest BCUT2D eigenvalue weighted by Crippen LogP contribution is -2.50. The van der Waals surface area contributed by atoms with Crippen molar-refractivity contribution in [3.63, 3.8) is 0 Å². The second kappa shape index (κ2) is 7.52. The van der Waals surface area contributed by atoms with Gasteiger partial charge in [0, 0.05) is 26.3 Å². The Morgan fingerprint density at radius 2 is 2.25 bits per heavy atom. The van der Waals surface area contributed by atoms with Gasteiger partial charge in [0.2, 0.25) is 0 Å². The fourth-order valence-electron chi connectivity index (χ4n) is 2.86. The summed E-state index contributed by atoms with van der Waals surface area (Å²) >= 11 is 0. The Labute approximate surface area is 144 Å². The summed E-state index contributed by atoms with van der Waals surface area (Å²) in [5, 5.41) is 9.02. The van der Waals surface area contributed by atoms with Gasteiger partial charge < -0.3 is 14.5 Å². The van der Waals surface area contributed by atoms with Gasteiger partial charge in [0.25, 0.3) is 0 Å². The van der Waals surface area contributed by atoms with E-state index in [0.717, 1.165) is 31.6 Å². The van der Waals surface area contributed by atoms with Crippen molar-refractivity contribution >= 4 is 11.9 Å². The van der Waals surface area contributed by atoms with Crippen LogP contribution in [0.5, 0.6) is 0 Å². The number of carbonyl (C=O) groups is 1. The molecule has 1 aromatic rings. The Morgan fingerprint density at radius 1 is 1.50 bits per heavy atom. The lowest BCUT2D eigenvalue weighted by Gasteiger charge is -2.38. The van der Waals surface area contributed by atoms with Gasteiger partial charge in [-0.2, -0.15) is 5.26 Å². The molecular weight excluding hydrogens is 304 g/mol. The maximum Gasteiger partial charge on any atom is 0.410 e. The Morgan fingerprint density at radius 3 is 2.92 bits per heavy atom. The molecule has 6 nitrogen and oxygen atoms in total. The number of hydrogen-bond donors (Lipinski definition) is 0. The van der Waals surface area contributed by atoms with E-state index in [2.05, 4.69) is 11.1 Å². The average Bonchev–Trinajstić information content (AvgIpc) is 2.53. The summed E-state index contributed by atoms with van der Waals surface area (Å²) in [6, 6.07) is 5.67. The van der Waals surface area contributed by atoms with Crippen molar-refractivity contribution in [2.24, 2.45) is 0 Å². The lowest BCUT2D eigenvalue weighted by atomic mass is 10.0. The van der Waals surface area contributed by atoms with Gasteiger partial charge in [0.05, 0.1) is 17.7 Å². The monoisotopic (exact) mass is 330 g/mol. The van der Waals surface area contributed by atoms with E-state index in [1.165, 1.54) is 0 Å². The van der Waals surface area contributed by atoms with Gasteiger partial charge in [-0.15, -0.1) is 0 Å². The van der Waals surface area contributed by atoms with Crippen molar-refractivity contribution in [1.29, 1.82) is 5.26 Å². The molecule has 0 N–H and O–H groups in total. The summed E-state index contributed by atoms with van der Waals surface area (Å²) in [4.78, 5) is 20.6. The highest BCUT2D eigenvalue weighted by molar-refractivity contribution is 5.68. The summed E-state index contributed by atoms with van der Waals surface area (Å²) in [5.74, 6) is 0.740. The highest BCUT2D eigenvalue weighted by atomic mass is 16.6. The number of nitrogens with zero attached hydrogens (tertiary/aromatic N) is 4. The third-order valence-electron chi connectivity index (χ3n) is 4.01. The van der Waals surface area contributed by atoms with E-state index in [4.69, 9.17) is 10.00 Å². The van der Waals surface area contributed by atoms with E-state index in [0.29, 0.717) is 12.1 Å². The molecule has 1 aliphatic rings. The Hall–Kier alpha value is -2.29. The summed E-state index contributed by atoms with van der Waals surface area (Å²) in [6.07, 6.45) is 4.43. The van der Waals surface area contributed by atoms with Crippen LogP contribution in [0.15, 0.2) is 18.3 Å². The number of carbonyl (C=O) groups excluding carboxylic acids is 1. The molecule has 0 aliphatic carbocycles. The van der Waals surface area contributed by atoms with Crippen LogP contribution >= 0.6 is 0 Å². The molecule has 1 saturated heterocycles. The van der Waals surface area contributed by atoms with Crippen LogP contribution in [-0.2, 0) is 4.74 Å². The number of likely N-dealkylation sites (tertiary alicyclic amines) is 1. The number of nitriles is 1. The second-order valence-electron chi connectivity index (χ2n) is 7.22. The molecule has 0 unspecified atom stereocenters. The number of aromatic nitrogens is 1. The average molecular weight is 330 g/mol. The van der Waals surface area contributed by atoms with Crippen LogP contribution in [0.2, 0.25) is 0 Å². The zero-order valence-electron chi connectivity index (χ0n) is 15.0. The van der Waals surface area contributed by atoms with E-state index in [-0.39, 0.29) is 12.1 Å². The van der Waals surface area contributed by atoms with Gasteiger partial charge in [-0.25, -0.2) is 9.78 Å². The van der Waals surface area contributed by atoms with Gasteiger partial charge in [0.15, 0.2) is 0 Å². The molecule has 6 heteroatoms. The summed E-state index contributed by atoms with van der Waals surface area (Å²) < 4.78 is 5.54. The quantitative estimate of drug-likeness (QED) is 0.851. The highest BCUT2D eigenvalue weighted by Crippen LogP contribution is 2.22. The van der Waals surface area contributed by atoms with Gasteiger partial charge in [-0.3, -0.25) is 0 Å². The van der Waals surface area contributed by atoms with Crippen molar-refractivity contribution in [2.45, 2.75) is 51.7 Å². The van der Waals surface area contributed by atoms with Crippen LogP contribution < -0.4 is 4.90 Å². The van der Waals surface area contributed by atoms with Crippen LogP contribution in [0.25, 0.3) is 0 Å². The van der Waals surface area contributed by atoms with E-state index in [9.17, 15) is 4.79 Å². The Bertz CT molecular complexity index is 618.